The van der Waals surface area contributed by atoms with Gasteiger partial charge in [-0.1, -0.05) is 0 Å². The molecular formula is C10H13N5. The van der Waals surface area contributed by atoms with Crippen LogP contribution in [0.1, 0.15) is 17.0 Å². The molecule has 0 radical (unpaired) electrons. The Bertz CT molecular complexity index is 501. The number of hydrogen-bond donors (Lipinski definition) is 1. The molecule has 5 heteroatoms. The largest absolute Gasteiger partial charge is 0.383 e. The Morgan fingerprint density at radius 2 is 1.93 bits per heavy atom. The molecule has 15 heavy (non-hydrogen) atoms. The van der Waals surface area contributed by atoms with E-state index in [0.717, 1.165) is 17.0 Å². The van der Waals surface area contributed by atoms with Crippen molar-refractivity contribution in [1.29, 1.82) is 0 Å². The van der Waals surface area contributed by atoms with Gasteiger partial charge in [-0.05, 0) is 20.8 Å². The maximum Gasteiger partial charge on any atom is 0.159 e. The van der Waals surface area contributed by atoms with E-state index in [9.17, 15) is 0 Å². The maximum absolute atomic E-state index is 5.93. The van der Waals surface area contributed by atoms with Gasteiger partial charge >= 0.3 is 0 Å². The van der Waals surface area contributed by atoms with Crippen molar-refractivity contribution in [3.8, 4) is 5.82 Å². The molecule has 2 heterocycles. The number of aromatic nitrogens is 4. The van der Waals surface area contributed by atoms with Crippen molar-refractivity contribution in [3.63, 3.8) is 0 Å². The van der Waals surface area contributed by atoms with E-state index in [4.69, 9.17) is 5.73 Å². The van der Waals surface area contributed by atoms with Gasteiger partial charge in [-0.15, -0.1) is 0 Å². The number of nitrogens with zero attached hydrogens (tertiary/aromatic N) is 4. The maximum atomic E-state index is 5.93. The molecule has 0 saturated heterocycles. The smallest absolute Gasteiger partial charge is 0.159 e. The van der Waals surface area contributed by atoms with Gasteiger partial charge in [0, 0.05) is 17.3 Å². The zero-order valence-electron chi connectivity index (χ0n) is 9.02. The average molecular weight is 203 g/mol. The summed E-state index contributed by atoms with van der Waals surface area (Å²) in [4.78, 5) is 8.17. The van der Waals surface area contributed by atoms with Crippen molar-refractivity contribution in [1.82, 2.24) is 19.7 Å². The molecule has 0 aliphatic heterocycles. The van der Waals surface area contributed by atoms with Gasteiger partial charge in [-0.3, -0.25) is 0 Å². The second-order valence-corrected chi connectivity index (χ2v) is 3.53. The van der Waals surface area contributed by atoms with Crippen LogP contribution in [0.4, 0.5) is 5.82 Å². The van der Waals surface area contributed by atoms with Gasteiger partial charge in [0.25, 0.3) is 0 Å². The predicted octanol–water partition coefficient (Wildman–Crippen LogP) is 1.17. The lowest BCUT2D eigenvalue weighted by molar-refractivity contribution is 0.830. The summed E-state index contributed by atoms with van der Waals surface area (Å²) >= 11 is 0. The summed E-state index contributed by atoms with van der Waals surface area (Å²) in [5.74, 6) is 1.34. The average Bonchev–Trinajstić information content (AvgIpc) is 2.46. The van der Waals surface area contributed by atoms with Gasteiger partial charge < -0.3 is 5.73 Å². The third-order valence-electron chi connectivity index (χ3n) is 2.41. The van der Waals surface area contributed by atoms with Crippen LogP contribution >= 0.6 is 0 Å². The monoisotopic (exact) mass is 203 g/mol. The normalized spacial score (nSPS) is 10.6. The summed E-state index contributed by atoms with van der Waals surface area (Å²) in [6, 6.07) is 1.85. The lowest BCUT2D eigenvalue weighted by atomic mass is 10.3. The summed E-state index contributed by atoms with van der Waals surface area (Å²) in [6.45, 7) is 5.78. The van der Waals surface area contributed by atoms with Crippen molar-refractivity contribution < 1.29 is 0 Å². The predicted molar refractivity (Wildman–Crippen MR) is 57.8 cm³/mol. The van der Waals surface area contributed by atoms with E-state index >= 15 is 0 Å². The van der Waals surface area contributed by atoms with Crippen LogP contribution in [0.3, 0.4) is 0 Å². The Morgan fingerprint density at radius 1 is 1.20 bits per heavy atom. The Hall–Kier alpha value is -1.91. The van der Waals surface area contributed by atoms with Gasteiger partial charge in [0.2, 0.25) is 0 Å². The van der Waals surface area contributed by atoms with E-state index in [1.54, 1.807) is 4.68 Å². The van der Waals surface area contributed by atoms with E-state index in [0.29, 0.717) is 11.6 Å². The number of nitrogens with two attached hydrogens (primary N) is 1. The quantitative estimate of drug-likeness (QED) is 0.755. The zero-order chi connectivity index (χ0) is 11.0. The second-order valence-electron chi connectivity index (χ2n) is 3.53. The van der Waals surface area contributed by atoms with Gasteiger partial charge in [-0.25, -0.2) is 9.97 Å². The van der Waals surface area contributed by atoms with Gasteiger partial charge in [0.05, 0.1) is 5.69 Å². The molecule has 0 aromatic carbocycles. The molecule has 2 aromatic heterocycles. The van der Waals surface area contributed by atoms with Crippen LogP contribution in [0.15, 0.2) is 12.4 Å². The summed E-state index contributed by atoms with van der Waals surface area (Å²) in [5, 5.41) is 4.32. The van der Waals surface area contributed by atoms with E-state index in [2.05, 4.69) is 15.1 Å². The number of nitrogen functional groups attached to an aromatic ring is 1. The fraction of sp³-hybridized carbons (Fsp3) is 0.300. The minimum atomic E-state index is 0.630. The highest BCUT2D eigenvalue weighted by atomic mass is 15.3. The Labute approximate surface area is 88.0 Å². The first-order valence-corrected chi connectivity index (χ1v) is 4.70. The molecule has 0 amide bonds. The molecule has 5 nitrogen and oxygen atoms in total. The molecule has 0 unspecified atom stereocenters. The van der Waals surface area contributed by atoms with Crippen molar-refractivity contribution in [3.05, 3.63) is 29.3 Å². The first-order chi connectivity index (χ1) is 7.09. The van der Waals surface area contributed by atoms with Crippen LogP contribution in [-0.4, -0.2) is 19.7 Å². The van der Waals surface area contributed by atoms with Crippen LogP contribution in [0.25, 0.3) is 5.82 Å². The summed E-state index contributed by atoms with van der Waals surface area (Å²) in [5.41, 5.74) is 8.73. The fourth-order valence-electron chi connectivity index (χ4n) is 1.35. The lowest BCUT2D eigenvalue weighted by Gasteiger charge is -2.02. The van der Waals surface area contributed by atoms with Crippen LogP contribution in [0.5, 0.6) is 0 Å². The Balaban J connectivity index is 2.59. The standard InChI is InChI=1S/C10H13N5/c1-6-4-9(13-5-12-6)15-10(11)7(2)8(3)14-15/h4-5H,11H2,1-3H3. The van der Waals surface area contributed by atoms with Gasteiger partial charge in [0.15, 0.2) is 5.82 Å². The summed E-state index contributed by atoms with van der Waals surface area (Å²) in [6.07, 6.45) is 1.51. The van der Waals surface area contributed by atoms with E-state index in [1.807, 2.05) is 26.8 Å². The van der Waals surface area contributed by atoms with Gasteiger partial charge in [-0.2, -0.15) is 9.78 Å². The third-order valence-corrected chi connectivity index (χ3v) is 2.41. The molecule has 2 rings (SSSR count). The number of hydrogen-bond acceptors (Lipinski definition) is 4. The minimum Gasteiger partial charge on any atom is -0.383 e. The fourth-order valence-corrected chi connectivity index (χ4v) is 1.35. The van der Waals surface area contributed by atoms with Crippen LogP contribution in [-0.2, 0) is 0 Å². The third kappa shape index (κ3) is 1.56. The zero-order valence-corrected chi connectivity index (χ0v) is 9.02. The number of anilines is 1. The minimum absolute atomic E-state index is 0.630. The van der Waals surface area contributed by atoms with Crippen LogP contribution in [0.2, 0.25) is 0 Å². The van der Waals surface area contributed by atoms with Gasteiger partial charge in [0.1, 0.15) is 12.1 Å². The van der Waals surface area contributed by atoms with E-state index in [-0.39, 0.29) is 0 Å². The molecule has 0 bridgehead atoms. The lowest BCUT2D eigenvalue weighted by Crippen LogP contribution is -2.05. The van der Waals surface area contributed by atoms with E-state index in [1.165, 1.54) is 6.33 Å². The molecule has 2 aromatic rings. The molecule has 0 atom stereocenters. The van der Waals surface area contributed by atoms with Crippen LogP contribution < -0.4 is 5.73 Å². The molecule has 0 spiro atoms. The SMILES string of the molecule is Cc1cc(-n2nc(C)c(C)c2N)ncn1. The molecule has 0 saturated carbocycles. The molecule has 78 valence electrons. The molecule has 0 aliphatic rings. The van der Waals surface area contributed by atoms with Crippen LogP contribution in [0, 0.1) is 20.8 Å². The molecule has 2 N–H and O–H groups in total. The van der Waals surface area contributed by atoms with Crippen molar-refractivity contribution in [2.24, 2.45) is 0 Å². The first kappa shape index (κ1) is 9.64. The van der Waals surface area contributed by atoms with Crippen molar-refractivity contribution in [2.45, 2.75) is 20.8 Å². The number of rotatable bonds is 1. The molecule has 0 fully saturated rings. The summed E-state index contributed by atoms with van der Waals surface area (Å²) < 4.78 is 1.64. The van der Waals surface area contributed by atoms with Crippen molar-refractivity contribution >= 4 is 5.82 Å². The topological polar surface area (TPSA) is 69.6 Å². The number of aryl methyl sites for hydroxylation is 2. The van der Waals surface area contributed by atoms with E-state index < -0.39 is 0 Å². The highest BCUT2D eigenvalue weighted by Crippen LogP contribution is 2.17. The summed E-state index contributed by atoms with van der Waals surface area (Å²) in [7, 11) is 0. The Kier molecular flexibility index (Phi) is 2.15. The molecular weight excluding hydrogens is 190 g/mol. The highest BCUT2D eigenvalue weighted by Gasteiger charge is 2.10. The van der Waals surface area contributed by atoms with Crippen molar-refractivity contribution in [2.75, 3.05) is 5.73 Å². The Morgan fingerprint density at radius 3 is 2.47 bits per heavy atom. The first-order valence-electron chi connectivity index (χ1n) is 4.70. The highest BCUT2D eigenvalue weighted by molar-refractivity contribution is 5.46. The second kappa shape index (κ2) is 3.34. The molecule has 0 aliphatic carbocycles.